The number of benzene rings is 1. The number of aliphatic hydroxyl groups excluding tert-OH is 1. The molecular weight excluding hydrogens is 218 g/mol. The average molecular weight is 239 g/mol. The molecule has 0 spiro atoms. The molecule has 0 fully saturated rings. The predicted octanol–water partition coefficient (Wildman–Crippen LogP) is 1.35. The zero-order valence-electron chi connectivity index (χ0n) is 10.5. The lowest BCUT2D eigenvalue weighted by Gasteiger charge is -2.13. The topological polar surface area (TPSA) is 50.7 Å². The fraction of sp³-hybridized carbons (Fsp3) is 0.538. The van der Waals surface area contributed by atoms with Gasteiger partial charge in [-0.1, -0.05) is 12.1 Å². The molecule has 17 heavy (non-hydrogen) atoms. The Hall–Kier alpha value is -1.10. The van der Waals surface area contributed by atoms with Crippen molar-refractivity contribution in [1.29, 1.82) is 0 Å². The monoisotopic (exact) mass is 239 g/mol. The van der Waals surface area contributed by atoms with E-state index in [2.05, 4.69) is 5.32 Å². The van der Waals surface area contributed by atoms with Gasteiger partial charge in [-0.15, -0.1) is 0 Å². The van der Waals surface area contributed by atoms with Crippen LogP contribution in [-0.4, -0.2) is 39.0 Å². The summed E-state index contributed by atoms with van der Waals surface area (Å²) < 4.78 is 10.1. The minimum atomic E-state index is -0.507. The smallest absolute Gasteiger partial charge is 0.119 e. The Morgan fingerprint density at radius 2 is 2.18 bits per heavy atom. The van der Waals surface area contributed by atoms with Crippen molar-refractivity contribution >= 4 is 0 Å². The Kier molecular flexibility index (Phi) is 6.62. The number of methoxy groups -OCH3 is 2. The Balaban J connectivity index is 2.33. The van der Waals surface area contributed by atoms with Gasteiger partial charge in [-0.2, -0.15) is 0 Å². The SMILES string of the molecule is COCCCNCC(O)c1cccc(OC)c1. The molecule has 0 aromatic heterocycles. The van der Waals surface area contributed by atoms with Crippen molar-refractivity contribution < 1.29 is 14.6 Å². The van der Waals surface area contributed by atoms with Gasteiger partial charge in [0.25, 0.3) is 0 Å². The zero-order chi connectivity index (χ0) is 12.5. The fourth-order valence-corrected chi connectivity index (χ4v) is 1.55. The molecule has 0 aliphatic rings. The largest absolute Gasteiger partial charge is 0.497 e. The molecule has 0 aliphatic carbocycles. The van der Waals surface area contributed by atoms with Crippen LogP contribution in [0.2, 0.25) is 0 Å². The molecule has 1 atom stereocenters. The number of rotatable bonds is 8. The maximum Gasteiger partial charge on any atom is 0.119 e. The lowest BCUT2D eigenvalue weighted by atomic mass is 10.1. The summed E-state index contributed by atoms with van der Waals surface area (Å²) in [6.45, 7) is 2.12. The molecular formula is C13H21NO3. The lowest BCUT2D eigenvalue weighted by Crippen LogP contribution is -2.23. The first kappa shape index (κ1) is 14.0. The van der Waals surface area contributed by atoms with Gasteiger partial charge in [0.15, 0.2) is 0 Å². The van der Waals surface area contributed by atoms with Crippen LogP contribution < -0.4 is 10.1 Å². The third-order valence-electron chi connectivity index (χ3n) is 2.52. The number of ether oxygens (including phenoxy) is 2. The van der Waals surface area contributed by atoms with E-state index in [0.29, 0.717) is 6.54 Å². The second-order valence-electron chi connectivity index (χ2n) is 3.84. The number of hydrogen-bond donors (Lipinski definition) is 2. The Morgan fingerprint density at radius 3 is 2.88 bits per heavy atom. The van der Waals surface area contributed by atoms with E-state index in [4.69, 9.17) is 9.47 Å². The van der Waals surface area contributed by atoms with Crippen LogP contribution in [0.25, 0.3) is 0 Å². The highest BCUT2D eigenvalue weighted by Gasteiger charge is 2.07. The molecule has 0 heterocycles. The number of aliphatic hydroxyl groups is 1. The van der Waals surface area contributed by atoms with Crippen LogP contribution in [0.4, 0.5) is 0 Å². The first-order valence-electron chi connectivity index (χ1n) is 5.79. The highest BCUT2D eigenvalue weighted by molar-refractivity contribution is 5.29. The molecule has 1 aromatic rings. The maximum absolute atomic E-state index is 9.95. The summed E-state index contributed by atoms with van der Waals surface area (Å²) in [5, 5.41) is 13.1. The predicted molar refractivity (Wildman–Crippen MR) is 67.3 cm³/mol. The summed E-state index contributed by atoms with van der Waals surface area (Å²) in [5.41, 5.74) is 0.864. The van der Waals surface area contributed by atoms with Gasteiger partial charge in [0.1, 0.15) is 5.75 Å². The van der Waals surface area contributed by atoms with Gasteiger partial charge in [-0.3, -0.25) is 0 Å². The van der Waals surface area contributed by atoms with Crippen molar-refractivity contribution in [3.8, 4) is 5.75 Å². The van der Waals surface area contributed by atoms with Crippen LogP contribution in [0.5, 0.6) is 5.75 Å². The molecule has 0 aliphatic heterocycles. The highest BCUT2D eigenvalue weighted by atomic mass is 16.5. The summed E-state index contributed by atoms with van der Waals surface area (Å²) in [4.78, 5) is 0. The third kappa shape index (κ3) is 5.17. The van der Waals surface area contributed by atoms with E-state index in [0.717, 1.165) is 30.9 Å². The Bertz CT molecular complexity index is 317. The van der Waals surface area contributed by atoms with Crippen LogP contribution in [0, 0.1) is 0 Å². The molecule has 0 saturated heterocycles. The summed E-state index contributed by atoms with van der Waals surface area (Å²) in [6.07, 6.45) is 0.439. The van der Waals surface area contributed by atoms with Gasteiger partial charge >= 0.3 is 0 Å². The molecule has 0 bridgehead atoms. The van der Waals surface area contributed by atoms with Crippen molar-refractivity contribution in [2.24, 2.45) is 0 Å². The highest BCUT2D eigenvalue weighted by Crippen LogP contribution is 2.18. The first-order valence-corrected chi connectivity index (χ1v) is 5.79. The van der Waals surface area contributed by atoms with Gasteiger partial charge in [0.2, 0.25) is 0 Å². The third-order valence-corrected chi connectivity index (χ3v) is 2.52. The van der Waals surface area contributed by atoms with Crippen LogP contribution in [0.15, 0.2) is 24.3 Å². The van der Waals surface area contributed by atoms with Crippen molar-refractivity contribution in [2.45, 2.75) is 12.5 Å². The molecule has 0 radical (unpaired) electrons. The Morgan fingerprint density at radius 1 is 1.35 bits per heavy atom. The van der Waals surface area contributed by atoms with Crippen molar-refractivity contribution in [2.75, 3.05) is 33.9 Å². The van der Waals surface area contributed by atoms with Gasteiger partial charge in [0, 0.05) is 20.3 Å². The van der Waals surface area contributed by atoms with E-state index in [9.17, 15) is 5.11 Å². The normalized spacial score (nSPS) is 12.4. The minimum absolute atomic E-state index is 0.507. The standard InChI is InChI=1S/C13H21NO3/c1-16-8-4-7-14-10-13(15)11-5-3-6-12(9-11)17-2/h3,5-6,9,13-15H,4,7-8,10H2,1-2H3. The zero-order valence-corrected chi connectivity index (χ0v) is 10.5. The van der Waals surface area contributed by atoms with Gasteiger partial charge < -0.3 is 19.9 Å². The number of hydrogen-bond acceptors (Lipinski definition) is 4. The van der Waals surface area contributed by atoms with E-state index in [1.165, 1.54) is 0 Å². The summed E-state index contributed by atoms with van der Waals surface area (Å²) in [5.74, 6) is 0.765. The van der Waals surface area contributed by atoms with Crippen LogP contribution in [0.1, 0.15) is 18.1 Å². The lowest BCUT2D eigenvalue weighted by molar-refractivity contribution is 0.168. The number of nitrogens with one attached hydrogen (secondary N) is 1. The van der Waals surface area contributed by atoms with E-state index in [1.807, 2.05) is 24.3 Å². The molecule has 2 N–H and O–H groups in total. The Labute approximate surface area is 103 Å². The van der Waals surface area contributed by atoms with Crippen LogP contribution >= 0.6 is 0 Å². The molecule has 1 aromatic carbocycles. The molecule has 1 rings (SSSR count). The van der Waals surface area contributed by atoms with Crippen LogP contribution in [0.3, 0.4) is 0 Å². The minimum Gasteiger partial charge on any atom is -0.497 e. The van der Waals surface area contributed by atoms with E-state index < -0.39 is 6.10 Å². The van der Waals surface area contributed by atoms with Crippen LogP contribution in [-0.2, 0) is 4.74 Å². The molecule has 0 saturated carbocycles. The second-order valence-corrected chi connectivity index (χ2v) is 3.84. The average Bonchev–Trinajstić information content (AvgIpc) is 2.38. The van der Waals surface area contributed by atoms with Gasteiger partial charge in [0.05, 0.1) is 13.2 Å². The van der Waals surface area contributed by atoms with E-state index in [-0.39, 0.29) is 0 Å². The van der Waals surface area contributed by atoms with Gasteiger partial charge in [-0.25, -0.2) is 0 Å². The summed E-state index contributed by atoms with van der Waals surface area (Å²) in [7, 11) is 3.31. The molecule has 96 valence electrons. The first-order chi connectivity index (χ1) is 8.27. The second kappa shape index (κ2) is 8.06. The quantitative estimate of drug-likeness (QED) is 0.672. The maximum atomic E-state index is 9.95. The fourth-order valence-electron chi connectivity index (χ4n) is 1.55. The summed E-state index contributed by atoms with van der Waals surface area (Å²) >= 11 is 0. The van der Waals surface area contributed by atoms with E-state index >= 15 is 0 Å². The van der Waals surface area contributed by atoms with Crippen molar-refractivity contribution in [3.05, 3.63) is 29.8 Å². The van der Waals surface area contributed by atoms with E-state index in [1.54, 1.807) is 14.2 Å². The molecule has 1 unspecified atom stereocenters. The van der Waals surface area contributed by atoms with Crippen molar-refractivity contribution in [3.63, 3.8) is 0 Å². The summed E-state index contributed by atoms with van der Waals surface area (Å²) in [6, 6.07) is 7.48. The molecule has 4 heteroatoms. The van der Waals surface area contributed by atoms with Gasteiger partial charge in [-0.05, 0) is 30.7 Å². The molecule has 4 nitrogen and oxygen atoms in total. The van der Waals surface area contributed by atoms with Crippen molar-refractivity contribution in [1.82, 2.24) is 5.32 Å². The molecule has 0 amide bonds.